The van der Waals surface area contributed by atoms with E-state index >= 15 is 0 Å². The summed E-state index contributed by atoms with van der Waals surface area (Å²) in [6.07, 6.45) is 0. The minimum atomic E-state index is -0.341. The summed E-state index contributed by atoms with van der Waals surface area (Å²) in [5.41, 5.74) is 5.09. The van der Waals surface area contributed by atoms with Crippen LogP contribution in [0.25, 0.3) is 0 Å². The van der Waals surface area contributed by atoms with Gasteiger partial charge in [0.1, 0.15) is 5.66 Å². The van der Waals surface area contributed by atoms with Crippen LogP contribution in [0.2, 0.25) is 0 Å². The second-order valence-corrected chi connectivity index (χ2v) is 4.55. The average molecular weight is 237 g/mol. The summed E-state index contributed by atoms with van der Waals surface area (Å²) in [4.78, 5) is 0. The van der Waals surface area contributed by atoms with Crippen LogP contribution >= 0.6 is 0 Å². The van der Waals surface area contributed by atoms with Crippen molar-refractivity contribution in [1.82, 2.24) is 10.7 Å². The van der Waals surface area contributed by atoms with Gasteiger partial charge < -0.3 is 5.32 Å². The number of benzene rings is 2. The van der Waals surface area contributed by atoms with Crippen molar-refractivity contribution in [3.05, 3.63) is 71.8 Å². The van der Waals surface area contributed by atoms with Crippen molar-refractivity contribution in [3.63, 3.8) is 0 Å². The maximum absolute atomic E-state index is 4.39. The van der Waals surface area contributed by atoms with Gasteiger partial charge >= 0.3 is 0 Å². The molecule has 0 bridgehead atoms. The molecule has 0 saturated heterocycles. The maximum Gasteiger partial charge on any atom is 0.155 e. The highest BCUT2D eigenvalue weighted by atomic mass is 15.5. The van der Waals surface area contributed by atoms with E-state index in [1.54, 1.807) is 0 Å². The predicted octanol–water partition coefficient (Wildman–Crippen LogP) is 2.41. The molecule has 0 aliphatic carbocycles. The van der Waals surface area contributed by atoms with Gasteiger partial charge in [-0.25, -0.2) is 0 Å². The minimum Gasteiger partial charge on any atom is -0.341 e. The molecule has 18 heavy (non-hydrogen) atoms. The Morgan fingerprint density at radius 1 is 0.889 bits per heavy atom. The normalized spacial score (nSPS) is 21.9. The molecule has 0 fully saturated rings. The van der Waals surface area contributed by atoms with Crippen LogP contribution < -0.4 is 10.7 Å². The van der Waals surface area contributed by atoms with Gasteiger partial charge in [-0.2, -0.15) is 5.10 Å². The molecule has 0 spiro atoms. The van der Waals surface area contributed by atoms with Gasteiger partial charge in [-0.15, -0.1) is 0 Å². The Kier molecular flexibility index (Phi) is 2.52. The van der Waals surface area contributed by atoms with E-state index in [1.165, 1.54) is 5.56 Å². The number of hydrogen-bond donors (Lipinski definition) is 2. The topological polar surface area (TPSA) is 36.4 Å². The van der Waals surface area contributed by atoms with Crippen molar-refractivity contribution in [2.45, 2.75) is 12.6 Å². The second-order valence-electron chi connectivity index (χ2n) is 4.55. The van der Waals surface area contributed by atoms with Crippen LogP contribution in [0.15, 0.2) is 65.8 Å². The Bertz CT molecular complexity index is 563. The lowest BCUT2D eigenvalue weighted by Gasteiger charge is -2.25. The van der Waals surface area contributed by atoms with E-state index in [1.807, 2.05) is 48.5 Å². The Labute approximate surface area is 107 Å². The summed E-state index contributed by atoms with van der Waals surface area (Å²) in [5, 5.41) is 7.83. The van der Waals surface area contributed by atoms with E-state index in [4.69, 9.17) is 0 Å². The van der Waals surface area contributed by atoms with Crippen molar-refractivity contribution in [2.24, 2.45) is 5.10 Å². The quantitative estimate of drug-likeness (QED) is 0.841. The van der Waals surface area contributed by atoms with E-state index in [0.717, 1.165) is 11.4 Å². The standard InChI is InChI=1S/C15H15N3/c1-15(13-10-6-3-7-11-13)16-14(17-18-15)12-8-4-2-5-9-12/h2-11,18H,1H3,(H,16,17). The number of nitrogens with one attached hydrogen (secondary N) is 2. The van der Waals surface area contributed by atoms with Crippen LogP contribution in [0.5, 0.6) is 0 Å². The molecule has 3 nitrogen and oxygen atoms in total. The first kappa shape index (κ1) is 10.8. The monoisotopic (exact) mass is 237 g/mol. The van der Waals surface area contributed by atoms with Gasteiger partial charge in [-0.1, -0.05) is 60.7 Å². The fraction of sp³-hybridized carbons (Fsp3) is 0.133. The number of amidine groups is 1. The Balaban J connectivity index is 1.86. The molecular formula is C15H15N3. The van der Waals surface area contributed by atoms with Gasteiger partial charge in [0.25, 0.3) is 0 Å². The zero-order chi connectivity index (χ0) is 12.4. The molecule has 2 aromatic carbocycles. The third kappa shape index (κ3) is 1.84. The molecule has 0 amide bonds. The van der Waals surface area contributed by atoms with Gasteiger partial charge in [-0.3, -0.25) is 5.43 Å². The molecular weight excluding hydrogens is 222 g/mol. The molecule has 2 N–H and O–H groups in total. The van der Waals surface area contributed by atoms with Gasteiger partial charge in [0.15, 0.2) is 5.84 Å². The van der Waals surface area contributed by atoms with E-state index in [9.17, 15) is 0 Å². The van der Waals surface area contributed by atoms with E-state index in [0.29, 0.717) is 0 Å². The Hall–Kier alpha value is -2.29. The number of hydrazone groups is 1. The maximum atomic E-state index is 4.39. The van der Waals surface area contributed by atoms with Gasteiger partial charge in [0.05, 0.1) is 0 Å². The highest BCUT2D eigenvalue weighted by Gasteiger charge is 2.31. The molecule has 3 heteroatoms. The van der Waals surface area contributed by atoms with Crippen molar-refractivity contribution in [1.29, 1.82) is 0 Å². The summed E-state index contributed by atoms with van der Waals surface area (Å²) in [5.74, 6) is 0.877. The lowest BCUT2D eigenvalue weighted by atomic mass is 10.0. The van der Waals surface area contributed by atoms with Gasteiger partial charge in [-0.05, 0) is 12.5 Å². The molecule has 1 unspecified atom stereocenters. The summed E-state index contributed by atoms with van der Waals surface area (Å²) in [7, 11) is 0. The molecule has 3 rings (SSSR count). The van der Waals surface area contributed by atoms with Gasteiger partial charge in [0, 0.05) is 5.56 Å². The zero-order valence-electron chi connectivity index (χ0n) is 10.2. The lowest BCUT2D eigenvalue weighted by molar-refractivity contribution is 0.380. The summed E-state index contributed by atoms with van der Waals surface area (Å²) < 4.78 is 0. The summed E-state index contributed by atoms with van der Waals surface area (Å²) in [6.45, 7) is 2.09. The fourth-order valence-corrected chi connectivity index (χ4v) is 2.10. The highest BCUT2D eigenvalue weighted by molar-refractivity contribution is 6.00. The number of nitrogens with zero attached hydrogens (tertiary/aromatic N) is 1. The van der Waals surface area contributed by atoms with Crippen molar-refractivity contribution in [2.75, 3.05) is 0 Å². The average Bonchev–Trinajstić information content (AvgIpc) is 2.85. The molecule has 0 aromatic heterocycles. The molecule has 1 aliphatic heterocycles. The van der Waals surface area contributed by atoms with E-state index < -0.39 is 0 Å². The molecule has 2 aromatic rings. The lowest BCUT2D eigenvalue weighted by Crippen LogP contribution is -2.45. The Morgan fingerprint density at radius 2 is 1.50 bits per heavy atom. The smallest absolute Gasteiger partial charge is 0.155 e. The van der Waals surface area contributed by atoms with E-state index in [2.05, 4.69) is 34.9 Å². The second kappa shape index (κ2) is 4.18. The van der Waals surface area contributed by atoms with E-state index in [-0.39, 0.29) is 5.66 Å². The van der Waals surface area contributed by atoms with Crippen molar-refractivity contribution < 1.29 is 0 Å². The van der Waals surface area contributed by atoms with Crippen molar-refractivity contribution in [3.8, 4) is 0 Å². The first-order chi connectivity index (χ1) is 8.78. The van der Waals surface area contributed by atoms with Crippen LogP contribution in [0.1, 0.15) is 18.1 Å². The first-order valence-corrected chi connectivity index (χ1v) is 6.02. The zero-order valence-corrected chi connectivity index (χ0v) is 10.2. The molecule has 1 atom stereocenters. The van der Waals surface area contributed by atoms with Crippen LogP contribution in [0, 0.1) is 0 Å². The largest absolute Gasteiger partial charge is 0.341 e. The highest BCUT2D eigenvalue weighted by Crippen LogP contribution is 2.21. The summed E-state index contributed by atoms with van der Waals surface area (Å²) in [6, 6.07) is 20.4. The molecule has 0 radical (unpaired) electrons. The molecule has 0 saturated carbocycles. The van der Waals surface area contributed by atoms with Crippen LogP contribution in [-0.4, -0.2) is 5.84 Å². The first-order valence-electron chi connectivity index (χ1n) is 6.02. The fourth-order valence-electron chi connectivity index (χ4n) is 2.10. The predicted molar refractivity (Wildman–Crippen MR) is 73.0 cm³/mol. The SMILES string of the molecule is CC1(c2ccccc2)NN=C(c2ccccc2)N1. The number of rotatable bonds is 2. The molecule has 90 valence electrons. The number of hydrogen-bond acceptors (Lipinski definition) is 3. The molecule has 1 heterocycles. The third-order valence-corrected chi connectivity index (χ3v) is 3.16. The van der Waals surface area contributed by atoms with Crippen LogP contribution in [0.3, 0.4) is 0 Å². The summed E-state index contributed by atoms with van der Waals surface area (Å²) >= 11 is 0. The van der Waals surface area contributed by atoms with Crippen LogP contribution in [-0.2, 0) is 5.66 Å². The third-order valence-electron chi connectivity index (χ3n) is 3.16. The minimum absolute atomic E-state index is 0.341. The van der Waals surface area contributed by atoms with Gasteiger partial charge in [0.2, 0.25) is 0 Å². The van der Waals surface area contributed by atoms with Crippen molar-refractivity contribution >= 4 is 5.84 Å². The van der Waals surface area contributed by atoms with Crippen LogP contribution in [0.4, 0.5) is 0 Å². The molecule has 1 aliphatic rings. The Morgan fingerprint density at radius 3 is 2.17 bits per heavy atom.